The Bertz CT molecular complexity index is 752. The third-order valence-corrected chi connectivity index (χ3v) is 3.82. The molecular formula is C15H13N3O2S. The summed E-state index contributed by atoms with van der Waals surface area (Å²) in [5.41, 5.74) is 1.48. The van der Waals surface area contributed by atoms with E-state index in [1.54, 1.807) is 19.2 Å². The first-order chi connectivity index (χ1) is 10.3. The fraction of sp³-hybridized carbons (Fsp3) is 0.0667. The zero-order valence-corrected chi connectivity index (χ0v) is 12.1. The van der Waals surface area contributed by atoms with Crippen molar-refractivity contribution in [2.45, 2.75) is 0 Å². The quantitative estimate of drug-likeness (QED) is 0.769. The molecule has 3 rings (SSSR count). The van der Waals surface area contributed by atoms with Gasteiger partial charge in [0.2, 0.25) is 0 Å². The molecule has 0 fully saturated rings. The molecule has 0 bridgehead atoms. The second-order valence-electron chi connectivity index (χ2n) is 4.27. The van der Waals surface area contributed by atoms with Crippen LogP contribution in [0.25, 0.3) is 10.2 Å². The van der Waals surface area contributed by atoms with Crippen LogP contribution in [0.1, 0.15) is 0 Å². The van der Waals surface area contributed by atoms with Crippen LogP contribution in [0, 0.1) is 0 Å². The number of para-hydroxylation sites is 3. The minimum absolute atomic E-state index is 0.349. The molecule has 0 unspecified atom stereocenters. The maximum Gasteiger partial charge on any atom is 0.325 e. The van der Waals surface area contributed by atoms with Crippen LogP contribution in [0.5, 0.6) is 5.75 Å². The Morgan fingerprint density at radius 3 is 2.67 bits per heavy atom. The van der Waals surface area contributed by atoms with E-state index in [9.17, 15) is 4.79 Å². The molecular weight excluding hydrogens is 286 g/mol. The molecule has 0 aliphatic rings. The van der Waals surface area contributed by atoms with Crippen molar-refractivity contribution in [3.8, 4) is 5.75 Å². The molecule has 5 nitrogen and oxygen atoms in total. The number of methoxy groups -OCH3 is 1. The van der Waals surface area contributed by atoms with Gasteiger partial charge in [-0.3, -0.25) is 5.32 Å². The molecule has 6 heteroatoms. The number of nitrogens with one attached hydrogen (secondary N) is 2. The minimum Gasteiger partial charge on any atom is -0.495 e. The standard InChI is InChI=1S/C15H13N3O2S/c1-20-12-8-4-2-6-10(12)16-14(19)18-15-17-11-7-3-5-9-13(11)21-15/h2-9H,1H3,(H2,16,17,18,19). The number of anilines is 2. The Hall–Kier alpha value is -2.60. The second kappa shape index (κ2) is 5.80. The lowest BCUT2D eigenvalue weighted by Crippen LogP contribution is -2.19. The van der Waals surface area contributed by atoms with Crippen LogP contribution < -0.4 is 15.4 Å². The summed E-state index contributed by atoms with van der Waals surface area (Å²) in [6.45, 7) is 0. The van der Waals surface area contributed by atoms with Crippen LogP contribution in [-0.4, -0.2) is 18.1 Å². The van der Waals surface area contributed by atoms with E-state index in [2.05, 4.69) is 15.6 Å². The van der Waals surface area contributed by atoms with Crippen LogP contribution in [0.3, 0.4) is 0 Å². The Morgan fingerprint density at radius 1 is 1.10 bits per heavy atom. The number of amides is 2. The summed E-state index contributed by atoms with van der Waals surface area (Å²) in [6, 6.07) is 14.6. The summed E-state index contributed by atoms with van der Waals surface area (Å²) < 4.78 is 6.22. The van der Waals surface area contributed by atoms with Gasteiger partial charge in [-0.05, 0) is 24.3 Å². The molecule has 1 heterocycles. The van der Waals surface area contributed by atoms with Crippen LogP contribution in [0.2, 0.25) is 0 Å². The smallest absolute Gasteiger partial charge is 0.325 e. The molecule has 0 spiro atoms. The molecule has 0 saturated carbocycles. The Labute approximate surface area is 125 Å². The second-order valence-corrected chi connectivity index (χ2v) is 5.30. The Kier molecular flexibility index (Phi) is 3.70. The van der Waals surface area contributed by atoms with Gasteiger partial charge < -0.3 is 10.1 Å². The number of urea groups is 1. The zero-order valence-electron chi connectivity index (χ0n) is 11.3. The van der Waals surface area contributed by atoms with Gasteiger partial charge >= 0.3 is 6.03 Å². The van der Waals surface area contributed by atoms with E-state index in [0.717, 1.165) is 10.2 Å². The molecule has 0 atom stereocenters. The zero-order chi connectivity index (χ0) is 14.7. The van der Waals surface area contributed by atoms with E-state index >= 15 is 0 Å². The number of fused-ring (bicyclic) bond motifs is 1. The fourth-order valence-corrected chi connectivity index (χ4v) is 2.79. The maximum atomic E-state index is 12.0. The van der Waals surface area contributed by atoms with Gasteiger partial charge in [-0.1, -0.05) is 35.6 Å². The average molecular weight is 299 g/mol. The molecule has 106 valence electrons. The van der Waals surface area contributed by atoms with Crippen molar-refractivity contribution in [3.05, 3.63) is 48.5 Å². The highest BCUT2D eigenvalue weighted by molar-refractivity contribution is 7.22. The molecule has 21 heavy (non-hydrogen) atoms. The van der Waals surface area contributed by atoms with Gasteiger partial charge in [0.1, 0.15) is 5.75 Å². The van der Waals surface area contributed by atoms with Gasteiger partial charge in [-0.15, -0.1) is 0 Å². The van der Waals surface area contributed by atoms with Gasteiger partial charge in [-0.2, -0.15) is 0 Å². The van der Waals surface area contributed by atoms with Crippen molar-refractivity contribution >= 4 is 38.4 Å². The SMILES string of the molecule is COc1ccccc1NC(=O)Nc1nc2ccccc2s1. The number of hydrogen-bond donors (Lipinski definition) is 2. The van der Waals surface area contributed by atoms with Crippen LogP contribution >= 0.6 is 11.3 Å². The van der Waals surface area contributed by atoms with E-state index in [-0.39, 0.29) is 6.03 Å². The van der Waals surface area contributed by atoms with Crippen molar-refractivity contribution in [1.29, 1.82) is 0 Å². The summed E-state index contributed by atoms with van der Waals surface area (Å²) >= 11 is 1.43. The monoisotopic (exact) mass is 299 g/mol. The van der Waals surface area contributed by atoms with Crippen molar-refractivity contribution in [1.82, 2.24) is 4.98 Å². The highest BCUT2D eigenvalue weighted by Crippen LogP contribution is 2.26. The average Bonchev–Trinajstić information content (AvgIpc) is 2.89. The molecule has 2 N–H and O–H groups in total. The van der Waals surface area contributed by atoms with Crippen molar-refractivity contribution in [2.24, 2.45) is 0 Å². The van der Waals surface area contributed by atoms with Gasteiger partial charge in [0.25, 0.3) is 0 Å². The van der Waals surface area contributed by atoms with Gasteiger partial charge in [0, 0.05) is 0 Å². The van der Waals surface area contributed by atoms with E-state index in [1.807, 2.05) is 36.4 Å². The van der Waals surface area contributed by atoms with Gasteiger partial charge in [0.15, 0.2) is 5.13 Å². The number of benzene rings is 2. The third-order valence-electron chi connectivity index (χ3n) is 2.87. The molecule has 2 amide bonds. The molecule has 3 aromatic rings. The highest BCUT2D eigenvalue weighted by Gasteiger charge is 2.09. The minimum atomic E-state index is -0.349. The lowest BCUT2D eigenvalue weighted by atomic mass is 10.3. The van der Waals surface area contributed by atoms with Gasteiger partial charge in [-0.25, -0.2) is 9.78 Å². The summed E-state index contributed by atoms with van der Waals surface area (Å²) in [6.07, 6.45) is 0. The first kappa shape index (κ1) is 13.4. The summed E-state index contributed by atoms with van der Waals surface area (Å²) in [5.74, 6) is 0.608. The topological polar surface area (TPSA) is 63.2 Å². The van der Waals surface area contributed by atoms with Gasteiger partial charge in [0.05, 0.1) is 23.0 Å². The predicted molar refractivity (Wildman–Crippen MR) is 85.3 cm³/mol. The lowest BCUT2D eigenvalue weighted by Gasteiger charge is -2.09. The predicted octanol–water partition coefficient (Wildman–Crippen LogP) is 3.95. The summed E-state index contributed by atoms with van der Waals surface area (Å²) in [7, 11) is 1.56. The summed E-state index contributed by atoms with van der Waals surface area (Å²) in [5, 5.41) is 6.04. The number of thiazole rings is 1. The van der Waals surface area contributed by atoms with Crippen LogP contribution in [-0.2, 0) is 0 Å². The van der Waals surface area contributed by atoms with E-state index in [1.165, 1.54) is 11.3 Å². The fourth-order valence-electron chi connectivity index (χ4n) is 1.92. The maximum absolute atomic E-state index is 12.0. The number of carbonyl (C=O) groups excluding carboxylic acids is 1. The largest absolute Gasteiger partial charge is 0.495 e. The first-order valence-electron chi connectivity index (χ1n) is 6.33. The molecule has 1 aromatic heterocycles. The molecule has 0 radical (unpaired) electrons. The highest BCUT2D eigenvalue weighted by atomic mass is 32.1. The van der Waals surface area contributed by atoms with Crippen LogP contribution in [0.4, 0.5) is 15.6 Å². The summed E-state index contributed by atoms with van der Waals surface area (Å²) in [4.78, 5) is 16.4. The van der Waals surface area contributed by atoms with E-state index in [0.29, 0.717) is 16.6 Å². The molecule has 0 aliphatic carbocycles. The van der Waals surface area contributed by atoms with Crippen molar-refractivity contribution in [2.75, 3.05) is 17.7 Å². The van der Waals surface area contributed by atoms with Crippen molar-refractivity contribution < 1.29 is 9.53 Å². The normalized spacial score (nSPS) is 10.3. The number of rotatable bonds is 3. The number of aromatic nitrogens is 1. The molecule has 2 aromatic carbocycles. The van der Waals surface area contributed by atoms with E-state index < -0.39 is 0 Å². The van der Waals surface area contributed by atoms with Crippen LogP contribution in [0.15, 0.2) is 48.5 Å². The number of carbonyl (C=O) groups is 1. The third kappa shape index (κ3) is 2.95. The lowest BCUT2D eigenvalue weighted by molar-refractivity contribution is 0.262. The molecule has 0 saturated heterocycles. The van der Waals surface area contributed by atoms with Crippen molar-refractivity contribution in [3.63, 3.8) is 0 Å². The Balaban J connectivity index is 1.74. The first-order valence-corrected chi connectivity index (χ1v) is 7.14. The Morgan fingerprint density at radius 2 is 1.86 bits per heavy atom. The number of nitrogens with zero attached hydrogens (tertiary/aromatic N) is 1. The number of hydrogen-bond acceptors (Lipinski definition) is 4. The number of ether oxygens (including phenoxy) is 1. The molecule has 0 aliphatic heterocycles. The van der Waals surface area contributed by atoms with E-state index in [4.69, 9.17) is 4.74 Å².